The molecule has 2 aromatic carbocycles. The summed E-state index contributed by atoms with van der Waals surface area (Å²) in [6.07, 6.45) is 5.25. The van der Waals surface area contributed by atoms with E-state index in [1.807, 2.05) is 75.7 Å². The normalized spacial score (nSPS) is 10.7. The van der Waals surface area contributed by atoms with Crippen LogP contribution < -0.4 is 5.32 Å². The van der Waals surface area contributed by atoms with Crippen LogP contribution in [-0.2, 0) is 6.54 Å². The molecule has 4 aromatic rings. The van der Waals surface area contributed by atoms with E-state index in [2.05, 4.69) is 32.1 Å². The average Bonchev–Trinajstić information content (AvgIpc) is 3.21. The van der Waals surface area contributed by atoms with E-state index in [1.54, 1.807) is 16.9 Å². The summed E-state index contributed by atoms with van der Waals surface area (Å²) >= 11 is 0. The smallest absolute Gasteiger partial charge is 0.255 e. The number of carbonyl (C=O) groups is 1. The third kappa shape index (κ3) is 4.97. The summed E-state index contributed by atoms with van der Waals surface area (Å²) in [4.78, 5) is 19.2. The second kappa shape index (κ2) is 8.82. The van der Waals surface area contributed by atoms with E-state index in [1.165, 1.54) is 0 Å². The number of anilines is 1. The third-order valence-electron chi connectivity index (χ3n) is 4.77. The summed E-state index contributed by atoms with van der Waals surface area (Å²) in [7, 11) is 4.03. The Labute approximate surface area is 181 Å². The number of benzene rings is 2. The molecule has 1 amide bonds. The molecule has 0 unspecified atom stereocenters. The van der Waals surface area contributed by atoms with Crippen molar-refractivity contribution in [1.29, 1.82) is 0 Å². The molecule has 0 radical (unpaired) electrons. The summed E-state index contributed by atoms with van der Waals surface area (Å²) in [6, 6.07) is 15.3. The quantitative estimate of drug-likeness (QED) is 0.522. The number of hydrogen-bond donors (Lipinski definition) is 1. The Kier molecular flexibility index (Phi) is 5.78. The summed E-state index contributed by atoms with van der Waals surface area (Å²) in [5, 5.41) is 7.16. The summed E-state index contributed by atoms with van der Waals surface area (Å²) in [5.41, 5.74) is 5.81. The lowest BCUT2D eigenvalue weighted by molar-refractivity contribution is 0.102. The molecule has 0 aliphatic heterocycles. The van der Waals surface area contributed by atoms with E-state index in [0.29, 0.717) is 5.56 Å². The van der Waals surface area contributed by atoms with Crippen LogP contribution in [0, 0.1) is 18.8 Å². The number of aromatic nitrogens is 3. The minimum absolute atomic E-state index is 0.162. The molecule has 154 valence electrons. The predicted molar refractivity (Wildman–Crippen MR) is 122 cm³/mol. The van der Waals surface area contributed by atoms with Crippen molar-refractivity contribution in [2.45, 2.75) is 13.5 Å². The van der Waals surface area contributed by atoms with Gasteiger partial charge in [-0.25, -0.2) is 9.50 Å². The largest absolute Gasteiger partial charge is 0.322 e. The van der Waals surface area contributed by atoms with Crippen molar-refractivity contribution in [1.82, 2.24) is 19.5 Å². The molecule has 0 spiro atoms. The second-order valence-electron chi connectivity index (χ2n) is 7.65. The van der Waals surface area contributed by atoms with Crippen molar-refractivity contribution in [2.24, 2.45) is 0 Å². The van der Waals surface area contributed by atoms with E-state index in [9.17, 15) is 4.79 Å². The van der Waals surface area contributed by atoms with Crippen LogP contribution in [0.4, 0.5) is 5.69 Å². The fourth-order valence-electron chi connectivity index (χ4n) is 3.23. The van der Waals surface area contributed by atoms with Gasteiger partial charge in [0, 0.05) is 41.8 Å². The number of carbonyl (C=O) groups excluding carboxylic acids is 1. The van der Waals surface area contributed by atoms with Gasteiger partial charge in [-0.3, -0.25) is 4.79 Å². The fourth-order valence-corrected chi connectivity index (χ4v) is 3.23. The average molecular weight is 409 g/mol. The highest BCUT2D eigenvalue weighted by molar-refractivity contribution is 6.04. The zero-order valence-corrected chi connectivity index (χ0v) is 17.8. The second-order valence-corrected chi connectivity index (χ2v) is 7.65. The minimum atomic E-state index is -0.162. The van der Waals surface area contributed by atoms with Gasteiger partial charge >= 0.3 is 0 Å². The predicted octanol–water partition coefficient (Wildman–Crippen LogP) is 3.75. The molecule has 31 heavy (non-hydrogen) atoms. The molecule has 0 bridgehead atoms. The number of amides is 1. The van der Waals surface area contributed by atoms with Crippen molar-refractivity contribution < 1.29 is 4.79 Å². The Bertz CT molecular complexity index is 1310. The SMILES string of the molecule is Cc1ccc(C(=O)Nc2cccc(CN(C)C)c2)cc1C#Cc1cnc2ccnn2c1. The highest BCUT2D eigenvalue weighted by Crippen LogP contribution is 2.16. The number of nitrogens with one attached hydrogen (secondary N) is 1. The Morgan fingerprint density at radius 2 is 2.00 bits per heavy atom. The van der Waals surface area contributed by atoms with Crippen LogP contribution in [0.5, 0.6) is 0 Å². The molecule has 2 aromatic heterocycles. The van der Waals surface area contributed by atoms with Gasteiger partial charge < -0.3 is 10.2 Å². The Morgan fingerprint density at radius 3 is 2.84 bits per heavy atom. The lowest BCUT2D eigenvalue weighted by atomic mass is 10.0. The van der Waals surface area contributed by atoms with Crippen molar-refractivity contribution in [3.63, 3.8) is 0 Å². The monoisotopic (exact) mass is 409 g/mol. The first-order valence-electron chi connectivity index (χ1n) is 9.95. The van der Waals surface area contributed by atoms with Crippen LogP contribution in [-0.4, -0.2) is 39.5 Å². The minimum Gasteiger partial charge on any atom is -0.322 e. The van der Waals surface area contributed by atoms with Gasteiger partial charge in [-0.05, 0) is 56.4 Å². The Morgan fingerprint density at radius 1 is 1.13 bits per heavy atom. The van der Waals surface area contributed by atoms with Gasteiger partial charge in [0.1, 0.15) is 0 Å². The molecule has 2 heterocycles. The maximum Gasteiger partial charge on any atom is 0.255 e. The molecule has 0 fully saturated rings. The molecule has 0 saturated heterocycles. The van der Waals surface area contributed by atoms with E-state index < -0.39 is 0 Å². The van der Waals surface area contributed by atoms with E-state index >= 15 is 0 Å². The van der Waals surface area contributed by atoms with Crippen LogP contribution in [0.1, 0.15) is 32.6 Å². The molecule has 0 saturated carbocycles. The lowest BCUT2D eigenvalue weighted by Gasteiger charge is -2.12. The molecule has 4 rings (SSSR count). The first kappa shape index (κ1) is 20.3. The van der Waals surface area contributed by atoms with E-state index in [0.717, 1.165) is 40.1 Å². The number of aryl methyl sites for hydroxylation is 1. The van der Waals surface area contributed by atoms with Gasteiger partial charge in [0.05, 0.1) is 11.8 Å². The highest BCUT2D eigenvalue weighted by atomic mass is 16.1. The van der Waals surface area contributed by atoms with Crippen molar-refractivity contribution in [3.05, 3.63) is 94.9 Å². The summed E-state index contributed by atoms with van der Waals surface area (Å²) in [5.74, 6) is 6.11. The van der Waals surface area contributed by atoms with Gasteiger partial charge in [0.15, 0.2) is 5.65 Å². The molecular formula is C25H23N5O. The maximum atomic E-state index is 12.8. The number of fused-ring (bicyclic) bond motifs is 1. The first-order chi connectivity index (χ1) is 15.0. The number of hydrogen-bond acceptors (Lipinski definition) is 4. The number of rotatable bonds is 4. The first-order valence-corrected chi connectivity index (χ1v) is 9.95. The van der Waals surface area contributed by atoms with Crippen LogP contribution in [0.15, 0.2) is 67.1 Å². The van der Waals surface area contributed by atoms with Crippen LogP contribution in [0.25, 0.3) is 5.65 Å². The van der Waals surface area contributed by atoms with Gasteiger partial charge in [-0.2, -0.15) is 5.10 Å². The lowest BCUT2D eigenvalue weighted by Crippen LogP contribution is -2.14. The zero-order chi connectivity index (χ0) is 21.8. The maximum absolute atomic E-state index is 12.8. The molecule has 6 nitrogen and oxygen atoms in total. The molecule has 0 aliphatic rings. The van der Waals surface area contributed by atoms with Crippen LogP contribution >= 0.6 is 0 Å². The van der Waals surface area contributed by atoms with Crippen molar-refractivity contribution >= 4 is 17.2 Å². The fraction of sp³-hybridized carbons (Fsp3) is 0.160. The van der Waals surface area contributed by atoms with Gasteiger partial charge in [-0.15, -0.1) is 0 Å². The molecule has 0 aliphatic carbocycles. The standard InChI is InChI=1S/C25H23N5O/c1-18-7-9-22(25(31)28-23-6-4-5-19(13-23)16-29(2)3)14-21(18)10-8-20-15-26-24-11-12-27-30(24)17-20/h4-7,9,11-15,17H,16H2,1-3H3,(H,28,31). The Balaban J connectivity index is 1.54. The molecule has 0 atom stereocenters. The van der Waals surface area contributed by atoms with Crippen LogP contribution in [0.2, 0.25) is 0 Å². The third-order valence-corrected chi connectivity index (χ3v) is 4.77. The van der Waals surface area contributed by atoms with Gasteiger partial charge in [0.25, 0.3) is 5.91 Å². The molecular weight excluding hydrogens is 386 g/mol. The zero-order valence-electron chi connectivity index (χ0n) is 17.8. The van der Waals surface area contributed by atoms with E-state index in [-0.39, 0.29) is 5.91 Å². The molecule has 1 N–H and O–H groups in total. The molecule has 6 heteroatoms. The Hall–Kier alpha value is -3.95. The number of nitrogens with zero attached hydrogens (tertiary/aromatic N) is 4. The van der Waals surface area contributed by atoms with Gasteiger partial charge in [0.2, 0.25) is 0 Å². The topological polar surface area (TPSA) is 62.5 Å². The van der Waals surface area contributed by atoms with Crippen LogP contribution in [0.3, 0.4) is 0 Å². The van der Waals surface area contributed by atoms with Crippen molar-refractivity contribution in [3.8, 4) is 11.8 Å². The van der Waals surface area contributed by atoms with Gasteiger partial charge in [-0.1, -0.05) is 30.0 Å². The van der Waals surface area contributed by atoms with E-state index in [4.69, 9.17) is 0 Å². The summed E-state index contributed by atoms with van der Waals surface area (Å²) < 4.78 is 1.69. The summed E-state index contributed by atoms with van der Waals surface area (Å²) in [6.45, 7) is 2.79. The van der Waals surface area contributed by atoms with Crippen molar-refractivity contribution in [2.75, 3.05) is 19.4 Å². The highest BCUT2D eigenvalue weighted by Gasteiger charge is 2.09.